The molecule has 0 amide bonds. The van der Waals surface area contributed by atoms with Gasteiger partial charge in [-0.1, -0.05) is 12.8 Å². The Kier molecular flexibility index (Phi) is 6.63. The zero-order valence-corrected chi connectivity index (χ0v) is 14.1. The molecule has 1 aromatic heterocycles. The van der Waals surface area contributed by atoms with E-state index in [1.165, 1.54) is 24.2 Å². The highest BCUT2D eigenvalue weighted by atomic mass is 32.2. The average Bonchev–Trinajstić information content (AvgIpc) is 3.13. The third-order valence-corrected chi connectivity index (χ3v) is 6.67. The van der Waals surface area contributed by atoms with E-state index in [4.69, 9.17) is 4.74 Å². The molecule has 1 aromatic rings. The molecule has 21 heavy (non-hydrogen) atoms. The third kappa shape index (κ3) is 5.34. The van der Waals surface area contributed by atoms with Gasteiger partial charge in [-0.2, -0.15) is 0 Å². The van der Waals surface area contributed by atoms with Crippen LogP contribution in [-0.4, -0.2) is 41.3 Å². The van der Waals surface area contributed by atoms with Crippen molar-refractivity contribution < 1.29 is 13.2 Å². The molecule has 2 N–H and O–H groups in total. The van der Waals surface area contributed by atoms with Gasteiger partial charge in [-0.15, -0.1) is 11.3 Å². The summed E-state index contributed by atoms with van der Waals surface area (Å²) in [6.45, 7) is 1.63. The van der Waals surface area contributed by atoms with E-state index in [2.05, 4.69) is 10.0 Å². The Morgan fingerprint density at radius 3 is 2.76 bits per heavy atom. The van der Waals surface area contributed by atoms with Gasteiger partial charge in [-0.25, -0.2) is 13.1 Å². The van der Waals surface area contributed by atoms with Crippen molar-refractivity contribution in [2.75, 3.05) is 26.7 Å². The van der Waals surface area contributed by atoms with Gasteiger partial charge in [0.15, 0.2) is 0 Å². The van der Waals surface area contributed by atoms with Crippen LogP contribution in [0.25, 0.3) is 0 Å². The van der Waals surface area contributed by atoms with Crippen molar-refractivity contribution in [2.45, 2.75) is 42.4 Å². The lowest BCUT2D eigenvalue weighted by atomic mass is 10.3. The number of nitrogens with one attached hydrogen (secondary N) is 2. The van der Waals surface area contributed by atoms with Gasteiger partial charge in [-0.05, 0) is 45.0 Å². The third-order valence-electron chi connectivity index (χ3n) is 3.57. The van der Waals surface area contributed by atoms with Crippen LogP contribution in [0.1, 0.15) is 30.6 Å². The Hall–Kier alpha value is -0.470. The van der Waals surface area contributed by atoms with Crippen molar-refractivity contribution in [3.05, 3.63) is 17.0 Å². The molecule has 1 heterocycles. The molecule has 0 unspecified atom stereocenters. The predicted octanol–water partition coefficient (Wildman–Crippen LogP) is 1.75. The van der Waals surface area contributed by atoms with E-state index in [1.807, 2.05) is 13.1 Å². The van der Waals surface area contributed by atoms with Gasteiger partial charge in [0.05, 0.1) is 12.7 Å². The molecule has 2 rings (SSSR count). The Morgan fingerprint density at radius 2 is 2.05 bits per heavy atom. The normalized spacial score (nSPS) is 16.6. The monoisotopic (exact) mass is 332 g/mol. The van der Waals surface area contributed by atoms with Crippen LogP contribution in [0.5, 0.6) is 0 Å². The number of sulfonamides is 1. The minimum absolute atomic E-state index is 0.324. The fraction of sp³-hybridized carbons (Fsp3) is 0.714. The van der Waals surface area contributed by atoms with Gasteiger partial charge in [-0.3, -0.25) is 0 Å². The van der Waals surface area contributed by atoms with Gasteiger partial charge in [0.2, 0.25) is 10.0 Å². The van der Waals surface area contributed by atoms with Crippen molar-refractivity contribution in [3.63, 3.8) is 0 Å². The lowest BCUT2D eigenvalue weighted by molar-refractivity contribution is 0.0626. The molecule has 0 bridgehead atoms. The fourth-order valence-corrected chi connectivity index (χ4v) is 4.83. The minimum atomic E-state index is -3.39. The van der Waals surface area contributed by atoms with Crippen LogP contribution < -0.4 is 10.0 Å². The lowest BCUT2D eigenvalue weighted by Gasteiger charge is -2.11. The predicted molar refractivity (Wildman–Crippen MR) is 85.3 cm³/mol. The Morgan fingerprint density at radius 1 is 1.29 bits per heavy atom. The highest BCUT2D eigenvalue weighted by Crippen LogP contribution is 2.22. The van der Waals surface area contributed by atoms with E-state index in [0.717, 1.165) is 30.7 Å². The molecule has 1 fully saturated rings. The summed E-state index contributed by atoms with van der Waals surface area (Å²) in [6.07, 6.45) is 5.83. The maximum atomic E-state index is 12.1. The molecule has 5 nitrogen and oxygen atoms in total. The first-order valence-electron chi connectivity index (χ1n) is 7.46. The van der Waals surface area contributed by atoms with Gasteiger partial charge >= 0.3 is 0 Å². The molecule has 0 aliphatic heterocycles. The van der Waals surface area contributed by atoms with E-state index in [1.54, 1.807) is 6.07 Å². The van der Waals surface area contributed by atoms with Crippen molar-refractivity contribution in [3.8, 4) is 0 Å². The molecule has 7 heteroatoms. The summed E-state index contributed by atoms with van der Waals surface area (Å²) in [5.41, 5.74) is 0. The zero-order chi connectivity index (χ0) is 15.1. The zero-order valence-electron chi connectivity index (χ0n) is 12.4. The minimum Gasteiger partial charge on any atom is -0.377 e. The molecule has 0 radical (unpaired) electrons. The number of rotatable bonds is 9. The molecule has 1 aliphatic carbocycles. The van der Waals surface area contributed by atoms with Gasteiger partial charge < -0.3 is 10.1 Å². The van der Waals surface area contributed by atoms with Crippen LogP contribution in [0, 0.1) is 0 Å². The SMILES string of the molecule is CNCCc1ccc(S(=O)(=O)NCCOC2CCCC2)s1. The summed E-state index contributed by atoms with van der Waals surface area (Å²) >= 11 is 1.33. The number of ether oxygens (including phenoxy) is 1. The summed E-state index contributed by atoms with van der Waals surface area (Å²) in [5, 5.41) is 3.06. The topological polar surface area (TPSA) is 67.4 Å². The van der Waals surface area contributed by atoms with E-state index < -0.39 is 10.0 Å². The number of hydrogen-bond acceptors (Lipinski definition) is 5. The second-order valence-corrected chi connectivity index (χ2v) is 8.41. The molecule has 1 aliphatic rings. The number of thiophene rings is 1. The summed E-state index contributed by atoms with van der Waals surface area (Å²) in [5.74, 6) is 0. The molecule has 120 valence electrons. The number of likely N-dealkylation sites (N-methyl/N-ethyl adjacent to an activating group) is 1. The van der Waals surface area contributed by atoms with Crippen LogP contribution >= 0.6 is 11.3 Å². The summed E-state index contributed by atoms with van der Waals surface area (Å²) in [7, 11) is -1.51. The van der Waals surface area contributed by atoms with Crippen molar-refractivity contribution >= 4 is 21.4 Å². The molecule has 0 atom stereocenters. The van der Waals surface area contributed by atoms with Gasteiger partial charge in [0, 0.05) is 11.4 Å². The Labute approximate surface area is 131 Å². The highest BCUT2D eigenvalue weighted by molar-refractivity contribution is 7.91. The van der Waals surface area contributed by atoms with Gasteiger partial charge in [0.1, 0.15) is 4.21 Å². The average molecular weight is 332 g/mol. The largest absolute Gasteiger partial charge is 0.377 e. The van der Waals surface area contributed by atoms with E-state index in [9.17, 15) is 8.42 Å². The summed E-state index contributed by atoms with van der Waals surface area (Å²) < 4.78 is 32.9. The molecule has 1 saturated carbocycles. The van der Waals surface area contributed by atoms with Crippen LogP contribution in [0.3, 0.4) is 0 Å². The van der Waals surface area contributed by atoms with E-state index >= 15 is 0 Å². The second-order valence-electron chi connectivity index (χ2n) is 5.25. The standard InChI is InChI=1S/C14H24N2O3S2/c1-15-9-8-13-6-7-14(20-13)21(17,18)16-10-11-19-12-4-2-3-5-12/h6-7,12,15-16H,2-5,8-11H2,1H3. The molecule has 0 aromatic carbocycles. The summed E-state index contributed by atoms with van der Waals surface area (Å²) in [4.78, 5) is 1.08. The Bertz CT molecular complexity index is 522. The molecular weight excluding hydrogens is 308 g/mol. The molecular formula is C14H24N2O3S2. The first-order chi connectivity index (χ1) is 10.1. The van der Waals surface area contributed by atoms with Crippen LogP contribution in [-0.2, 0) is 21.2 Å². The van der Waals surface area contributed by atoms with Crippen LogP contribution in [0.15, 0.2) is 16.3 Å². The second kappa shape index (κ2) is 8.24. The van der Waals surface area contributed by atoms with Crippen LogP contribution in [0.2, 0.25) is 0 Å². The molecule has 0 spiro atoms. The maximum Gasteiger partial charge on any atom is 0.250 e. The van der Waals surface area contributed by atoms with Crippen molar-refractivity contribution in [2.24, 2.45) is 0 Å². The van der Waals surface area contributed by atoms with Crippen LogP contribution in [0.4, 0.5) is 0 Å². The first-order valence-corrected chi connectivity index (χ1v) is 9.76. The van der Waals surface area contributed by atoms with E-state index in [-0.39, 0.29) is 0 Å². The summed E-state index contributed by atoms with van der Waals surface area (Å²) in [6, 6.07) is 3.56. The van der Waals surface area contributed by atoms with E-state index in [0.29, 0.717) is 23.5 Å². The highest BCUT2D eigenvalue weighted by Gasteiger charge is 2.18. The molecule has 0 saturated heterocycles. The first kappa shape index (κ1) is 16.9. The maximum absolute atomic E-state index is 12.1. The number of hydrogen-bond donors (Lipinski definition) is 2. The van der Waals surface area contributed by atoms with Crippen molar-refractivity contribution in [1.29, 1.82) is 0 Å². The fourth-order valence-electron chi connectivity index (χ4n) is 2.41. The quantitative estimate of drug-likeness (QED) is 0.676. The smallest absolute Gasteiger partial charge is 0.250 e. The van der Waals surface area contributed by atoms with Crippen molar-refractivity contribution in [1.82, 2.24) is 10.0 Å². The Balaban J connectivity index is 1.76. The lowest BCUT2D eigenvalue weighted by Crippen LogP contribution is -2.28. The van der Waals surface area contributed by atoms with Gasteiger partial charge in [0.25, 0.3) is 0 Å².